The molecule has 1 fully saturated rings. The van der Waals surface area contributed by atoms with Crippen LogP contribution in [0.1, 0.15) is 18.9 Å². The highest BCUT2D eigenvalue weighted by molar-refractivity contribution is 6.38. The number of fused-ring (bicyclic) bond motifs is 1. The Morgan fingerprint density at radius 1 is 1.34 bits per heavy atom. The summed E-state index contributed by atoms with van der Waals surface area (Å²) in [4.78, 5) is 32.7. The first-order valence-electron chi connectivity index (χ1n) is 9.21. The van der Waals surface area contributed by atoms with E-state index in [-0.39, 0.29) is 24.1 Å². The van der Waals surface area contributed by atoms with Gasteiger partial charge in [0.25, 0.3) is 5.91 Å². The monoisotopic (exact) mass is 396 g/mol. The standard InChI is InChI=1S/C20H21FN6O2/c1-20(3-4-24-17(27-20)19(29)23-2)11-5-10-6-16(25-9-13(10)15(22)7-11)26-18(28)12-8-14(12)21/h3-7,9,12,14H,8,22H2,1-2H3,(H,23,29)(H,24,27)(H,25,26,28). The molecule has 0 bridgehead atoms. The molecule has 0 spiro atoms. The molecule has 1 saturated carbocycles. The average molecular weight is 396 g/mol. The van der Waals surface area contributed by atoms with Crippen molar-refractivity contribution in [3.05, 3.63) is 42.2 Å². The zero-order valence-corrected chi connectivity index (χ0v) is 16.0. The molecule has 1 aliphatic heterocycles. The first-order valence-corrected chi connectivity index (χ1v) is 9.21. The minimum absolute atomic E-state index is 0.198. The number of hydrogen-bond donors (Lipinski definition) is 4. The number of carbonyl (C=O) groups is 2. The van der Waals surface area contributed by atoms with E-state index in [0.717, 1.165) is 16.3 Å². The van der Waals surface area contributed by atoms with Crippen LogP contribution in [0.25, 0.3) is 10.8 Å². The number of pyridine rings is 1. The third-order valence-corrected chi connectivity index (χ3v) is 5.17. The summed E-state index contributed by atoms with van der Waals surface area (Å²) in [6, 6.07) is 5.37. The molecule has 2 aliphatic rings. The van der Waals surface area contributed by atoms with Crippen LogP contribution in [0.5, 0.6) is 0 Å². The number of nitrogen functional groups attached to an aromatic ring is 1. The number of nitrogens with one attached hydrogen (secondary N) is 3. The first kappa shape index (κ1) is 18.9. The van der Waals surface area contributed by atoms with E-state index in [0.29, 0.717) is 11.5 Å². The van der Waals surface area contributed by atoms with Crippen molar-refractivity contribution in [2.24, 2.45) is 10.9 Å². The average Bonchev–Trinajstić information content (AvgIpc) is 3.44. The number of alkyl halides is 1. The minimum atomic E-state index is -1.07. The van der Waals surface area contributed by atoms with E-state index < -0.39 is 17.6 Å². The maximum absolute atomic E-state index is 13.1. The van der Waals surface area contributed by atoms with E-state index in [9.17, 15) is 14.0 Å². The highest BCUT2D eigenvalue weighted by Crippen LogP contribution is 2.36. The van der Waals surface area contributed by atoms with Gasteiger partial charge in [-0.1, -0.05) is 0 Å². The lowest BCUT2D eigenvalue weighted by atomic mass is 9.89. The highest BCUT2D eigenvalue weighted by atomic mass is 19.1. The molecular weight excluding hydrogens is 375 g/mol. The molecule has 2 heterocycles. The number of halogens is 1. The molecule has 4 rings (SSSR count). The fourth-order valence-electron chi connectivity index (χ4n) is 3.28. The summed E-state index contributed by atoms with van der Waals surface area (Å²) >= 11 is 0. The highest BCUT2D eigenvalue weighted by Gasteiger charge is 2.43. The molecule has 9 heteroatoms. The second-order valence-corrected chi connectivity index (χ2v) is 7.37. The molecule has 29 heavy (non-hydrogen) atoms. The van der Waals surface area contributed by atoms with Crippen LogP contribution in [-0.2, 0) is 15.1 Å². The zero-order valence-electron chi connectivity index (χ0n) is 16.0. The molecule has 2 aromatic rings. The molecule has 150 valence electrons. The van der Waals surface area contributed by atoms with Gasteiger partial charge >= 0.3 is 0 Å². The Morgan fingerprint density at radius 3 is 2.79 bits per heavy atom. The third-order valence-electron chi connectivity index (χ3n) is 5.17. The van der Waals surface area contributed by atoms with Crippen molar-refractivity contribution < 1.29 is 14.0 Å². The predicted octanol–water partition coefficient (Wildman–Crippen LogP) is 1.59. The number of benzene rings is 1. The quantitative estimate of drug-likeness (QED) is 0.585. The van der Waals surface area contributed by atoms with Gasteiger partial charge in [0.05, 0.1) is 5.92 Å². The topological polar surface area (TPSA) is 122 Å². The Morgan fingerprint density at radius 2 is 2.10 bits per heavy atom. The van der Waals surface area contributed by atoms with Crippen molar-refractivity contribution in [2.45, 2.75) is 25.1 Å². The molecular formula is C20H21FN6O2. The van der Waals surface area contributed by atoms with Gasteiger partial charge in [0.2, 0.25) is 5.91 Å². The molecule has 3 atom stereocenters. The first-order chi connectivity index (χ1) is 13.8. The molecule has 8 nitrogen and oxygen atoms in total. The minimum Gasteiger partial charge on any atom is -0.398 e. The zero-order chi connectivity index (χ0) is 20.8. The van der Waals surface area contributed by atoms with Gasteiger partial charge in [-0.2, -0.15) is 0 Å². The smallest absolute Gasteiger partial charge is 0.286 e. The normalized spacial score (nSPS) is 25.1. The number of aliphatic imine (C=N–C) groups is 1. The summed E-state index contributed by atoms with van der Waals surface area (Å²) in [6.07, 6.45) is 4.25. The molecule has 1 aromatic carbocycles. The van der Waals surface area contributed by atoms with Crippen LogP contribution in [0.3, 0.4) is 0 Å². The van der Waals surface area contributed by atoms with Crippen LogP contribution in [0.2, 0.25) is 0 Å². The SMILES string of the molecule is CNC(=O)C1=NC(C)(c2cc(N)c3cnc(NC(=O)C4CC4F)cc3c2)C=CN1. The Hall–Kier alpha value is -3.49. The maximum atomic E-state index is 13.1. The Kier molecular flexibility index (Phi) is 4.45. The lowest BCUT2D eigenvalue weighted by Crippen LogP contribution is -2.40. The number of hydrogen-bond acceptors (Lipinski definition) is 6. The Bertz CT molecular complexity index is 1080. The Balaban J connectivity index is 1.71. The second kappa shape index (κ2) is 6.84. The maximum Gasteiger partial charge on any atom is 0.286 e. The van der Waals surface area contributed by atoms with Gasteiger partial charge in [-0.05, 0) is 48.6 Å². The predicted molar refractivity (Wildman–Crippen MR) is 109 cm³/mol. The van der Waals surface area contributed by atoms with Crippen LogP contribution in [0.15, 0.2) is 41.7 Å². The fraction of sp³-hybridized carbons (Fsp3) is 0.300. The number of amidine groups is 1. The van der Waals surface area contributed by atoms with Crippen LogP contribution in [0, 0.1) is 5.92 Å². The summed E-state index contributed by atoms with van der Waals surface area (Å²) in [5.41, 5.74) is 6.69. The molecule has 3 unspecified atom stereocenters. The van der Waals surface area contributed by atoms with Crippen molar-refractivity contribution in [3.8, 4) is 0 Å². The van der Waals surface area contributed by atoms with E-state index >= 15 is 0 Å². The number of carbonyl (C=O) groups excluding carboxylic acids is 2. The number of anilines is 2. The number of likely N-dealkylation sites (N-methyl/N-ethyl adjacent to an activating group) is 1. The number of amides is 2. The third kappa shape index (κ3) is 3.51. The largest absolute Gasteiger partial charge is 0.398 e. The van der Waals surface area contributed by atoms with E-state index in [1.165, 1.54) is 7.05 Å². The molecule has 0 saturated heterocycles. The van der Waals surface area contributed by atoms with Gasteiger partial charge in [-0.15, -0.1) is 0 Å². The van der Waals surface area contributed by atoms with Gasteiger partial charge in [0.15, 0.2) is 5.84 Å². The van der Waals surface area contributed by atoms with Crippen molar-refractivity contribution in [1.82, 2.24) is 15.6 Å². The molecule has 5 N–H and O–H groups in total. The van der Waals surface area contributed by atoms with Crippen LogP contribution < -0.4 is 21.7 Å². The molecule has 2 amide bonds. The van der Waals surface area contributed by atoms with E-state index in [1.807, 2.05) is 19.1 Å². The van der Waals surface area contributed by atoms with Gasteiger partial charge in [-0.25, -0.2) is 14.4 Å². The lowest BCUT2D eigenvalue weighted by Gasteiger charge is -2.27. The van der Waals surface area contributed by atoms with Crippen molar-refractivity contribution in [2.75, 3.05) is 18.1 Å². The van der Waals surface area contributed by atoms with E-state index in [2.05, 4.69) is 25.9 Å². The molecule has 1 aromatic heterocycles. The van der Waals surface area contributed by atoms with Crippen LogP contribution >= 0.6 is 0 Å². The van der Waals surface area contributed by atoms with Gasteiger partial charge in [-0.3, -0.25) is 9.59 Å². The Labute approximate surface area is 166 Å². The lowest BCUT2D eigenvalue weighted by molar-refractivity contribution is -0.117. The summed E-state index contributed by atoms with van der Waals surface area (Å²) in [6.45, 7) is 1.87. The summed E-state index contributed by atoms with van der Waals surface area (Å²) in [5, 5.41) is 9.50. The second-order valence-electron chi connectivity index (χ2n) is 7.37. The number of nitrogens with zero attached hydrogens (tertiary/aromatic N) is 2. The molecule has 1 aliphatic carbocycles. The van der Waals surface area contributed by atoms with Gasteiger partial charge in [0.1, 0.15) is 17.5 Å². The summed E-state index contributed by atoms with van der Waals surface area (Å²) in [7, 11) is 1.53. The van der Waals surface area contributed by atoms with E-state index in [1.54, 1.807) is 24.5 Å². The fourth-order valence-corrected chi connectivity index (χ4v) is 3.28. The summed E-state index contributed by atoms with van der Waals surface area (Å²) in [5.74, 6) is -0.765. The van der Waals surface area contributed by atoms with Gasteiger partial charge in [0, 0.05) is 30.5 Å². The number of nitrogens with two attached hydrogens (primary N) is 1. The number of aromatic nitrogens is 1. The molecule has 0 radical (unpaired) electrons. The van der Waals surface area contributed by atoms with Crippen molar-refractivity contribution in [1.29, 1.82) is 0 Å². The van der Waals surface area contributed by atoms with Gasteiger partial charge < -0.3 is 21.7 Å². The van der Waals surface area contributed by atoms with Crippen LogP contribution in [0.4, 0.5) is 15.9 Å². The van der Waals surface area contributed by atoms with E-state index in [4.69, 9.17) is 5.73 Å². The van der Waals surface area contributed by atoms with Crippen molar-refractivity contribution in [3.63, 3.8) is 0 Å². The van der Waals surface area contributed by atoms with Crippen molar-refractivity contribution >= 4 is 39.9 Å². The summed E-state index contributed by atoms with van der Waals surface area (Å²) < 4.78 is 13.1. The van der Waals surface area contributed by atoms with Crippen LogP contribution in [-0.4, -0.2) is 35.9 Å². The number of rotatable bonds is 4.